The zero-order valence-corrected chi connectivity index (χ0v) is 6.88. The molecule has 2 heteroatoms. The van der Waals surface area contributed by atoms with Gasteiger partial charge in [-0.15, -0.1) is 0 Å². The van der Waals surface area contributed by atoms with Crippen molar-refractivity contribution in [2.45, 2.75) is 50.2 Å². The fraction of sp³-hybridized carbons (Fsp3) is 1.00. The summed E-state index contributed by atoms with van der Waals surface area (Å²) in [5.41, 5.74) is -0.272. The zero-order valence-electron chi connectivity index (χ0n) is 6.88. The van der Waals surface area contributed by atoms with Crippen LogP contribution in [0.2, 0.25) is 0 Å². The normalized spacial score (nSPS) is 34.1. The van der Waals surface area contributed by atoms with Crippen LogP contribution in [0.4, 0.5) is 0 Å². The molecule has 11 heavy (non-hydrogen) atoms. The van der Waals surface area contributed by atoms with Crippen LogP contribution < -0.4 is 0 Å². The zero-order chi connectivity index (χ0) is 7.73. The topological polar surface area (TPSA) is 29.5 Å². The predicted molar refractivity (Wildman–Crippen MR) is 42.4 cm³/mol. The van der Waals surface area contributed by atoms with Gasteiger partial charge in [-0.2, -0.15) is 0 Å². The minimum absolute atomic E-state index is 0.272. The van der Waals surface area contributed by atoms with Crippen molar-refractivity contribution in [3.8, 4) is 0 Å². The van der Waals surface area contributed by atoms with Gasteiger partial charge in [0.25, 0.3) is 0 Å². The van der Waals surface area contributed by atoms with Gasteiger partial charge >= 0.3 is 0 Å². The molecular weight excluding hydrogens is 140 g/mol. The number of hydrogen-bond acceptors (Lipinski definition) is 2. The summed E-state index contributed by atoms with van der Waals surface area (Å²) in [6.45, 7) is 0.934. The first-order chi connectivity index (χ1) is 5.29. The van der Waals surface area contributed by atoms with Crippen molar-refractivity contribution in [2.75, 3.05) is 6.61 Å². The van der Waals surface area contributed by atoms with Gasteiger partial charge in [0.2, 0.25) is 0 Å². The molecule has 1 saturated heterocycles. The molecule has 2 rings (SSSR count). The van der Waals surface area contributed by atoms with Gasteiger partial charge in [0.05, 0.1) is 11.7 Å². The van der Waals surface area contributed by atoms with E-state index in [9.17, 15) is 5.11 Å². The molecule has 64 valence electrons. The van der Waals surface area contributed by atoms with E-state index in [0.29, 0.717) is 6.10 Å². The molecule has 1 atom stereocenters. The molecule has 1 aliphatic carbocycles. The first-order valence-electron chi connectivity index (χ1n) is 4.63. The molecule has 0 amide bonds. The molecule has 0 aromatic carbocycles. The molecule has 1 heterocycles. The van der Waals surface area contributed by atoms with Crippen LogP contribution in [0.3, 0.4) is 0 Å². The fourth-order valence-corrected chi connectivity index (χ4v) is 1.70. The lowest BCUT2D eigenvalue weighted by molar-refractivity contribution is 0.0733. The highest BCUT2D eigenvalue weighted by atomic mass is 16.5. The van der Waals surface area contributed by atoms with E-state index in [4.69, 9.17) is 4.74 Å². The molecule has 2 fully saturated rings. The van der Waals surface area contributed by atoms with E-state index in [0.717, 1.165) is 32.3 Å². The maximum Gasteiger partial charge on any atom is 0.0651 e. The highest BCUT2D eigenvalue weighted by Gasteiger charge is 2.40. The lowest BCUT2D eigenvalue weighted by Gasteiger charge is -2.11. The molecule has 1 unspecified atom stereocenters. The van der Waals surface area contributed by atoms with Gasteiger partial charge in [-0.25, -0.2) is 0 Å². The molecule has 1 saturated carbocycles. The highest BCUT2D eigenvalue weighted by Crippen LogP contribution is 2.40. The second-order valence-electron chi connectivity index (χ2n) is 3.90. The standard InChI is InChI=1S/C9H16O2/c10-9(5-6-9)4-3-8-2-1-7-11-8/h8,10H,1-7H2. The Morgan fingerprint density at radius 1 is 1.45 bits per heavy atom. The van der Waals surface area contributed by atoms with Crippen molar-refractivity contribution in [3.05, 3.63) is 0 Å². The molecule has 0 aromatic heterocycles. The Balaban J connectivity index is 1.65. The van der Waals surface area contributed by atoms with E-state index in [1.807, 2.05) is 0 Å². The minimum atomic E-state index is -0.272. The monoisotopic (exact) mass is 156 g/mol. The molecule has 1 N–H and O–H groups in total. The van der Waals surface area contributed by atoms with Gasteiger partial charge in [0.1, 0.15) is 0 Å². The van der Waals surface area contributed by atoms with Crippen molar-refractivity contribution in [3.63, 3.8) is 0 Å². The highest BCUT2D eigenvalue weighted by molar-refractivity contribution is 4.93. The second kappa shape index (κ2) is 2.76. The van der Waals surface area contributed by atoms with E-state index >= 15 is 0 Å². The largest absolute Gasteiger partial charge is 0.390 e. The van der Waals surface area contributed by atoms with Crippen molar-refractivity contribution >= 4 is 0 Å². The summed E-state index contributed by atoms with van der Waals surface area (Å²) in [6, 6.07) is 0. The Hall–Kier alpha value is -0.0800. The van der Waals surface area contributed by atoms with Crippen LogP contribution in [0.5, 0.6) is 0 Å². The maximum absolute atomic E-state index is 9.53. The van der Waals surface area contributed by atoms with Crippen molar-refractivity contribution in [1.82, 2.24) is 0 Å². The summed E-state index contributed by atoms with van der Waals surface area (Å²) in [5, 5.41) is 9.53. The van der Waals surface area contributed by atoms with E-state index in [1.165, 1.54) is 12.8 Å². The molecule has 2 nitrogen and oxygen atoms in total. The Morgan fingerprint density at radius 3 is 2.82 bits per heavy atom. The Kier molecular flexibility index (Phi) is 1.90. The summed E-state index contributed by atoms with van der Waals surface area (Å²) in [4.78, 5) is 0. The van der Waals surface area contributed by atoms with Crippen molar-refractivity contribution in [1.29, 1.82) is 0 Å². The molecular formula is C9H16O2. The van der Waals surface area contributed by atoms with Crippen LogP contribution >= 0.6 is 0 Å². The Labute approximate surface area is 67.6 Å². The van der Waals surface area contributed by atoms with Crippen LogP contribution in [0.1, 0.15) is 38.5 Å². The Bertz CT molecular complexity index is 134. The van der Waals surface area contributed by atoms with E-state index < -0.39 is 0 Å². The Morgan fingerprint density at radius 2 is 2.27 bits per heavy atom. The van der Waals surface area contributed by atoms with Crippen LogP contribution in [0.25, 0.3) is 0 Å². The SMILES string of the molecule is OC1(CCC2CCCO2)CC1. The van der Waals surface area contributed by atoms with Crippen LogP contribution in [-0.4, -0.2) is 23.4 Å². The number of rotatable bonds is 3. The predicted octanol–water partition coefficient (Wildman–Crippen LogP) is 1.47. The lowest BCUT2D eigenvalue weighted by Crippen LogP contribution is -2.12. The molecule has 1 aliphatic heterocycles. The average molecular weight is 156 g/mol. The van der Waals surface area contributed by atoms with Crippen LogP contribution in [-0.2, 0) is 4.74 Å². The molecule has 0 spiro atoms. The van der Waals surface area contributed by atoms with Crippen LogP contribution in [0, 0.1) is 0 Å². The average Bonchev–Trinajstić information content (AvgIpc) is 2.53. The second-order valence-corrected chi connectivity index (χ2v) is 3.90. The van der Waals surface area contributed by atoms with Gasteiger partial charge in [-0.05, 0) is 38.5 Å². The number of ether oxygens (including phenoxy) is 1. The summed E-state index contributed by atoms with van der Waals surface area (Å²) in [7, 11) is 0. The van der Waals surface area contributed by atoms with Crippen molar-refractivity contribution < 1.29 is 9.84 Å². The molecule has 0 bridgehead atoms. The quantitative estimate of drug-likeness (QED) is 0.670. The van der Waals surface area contributed by atoms with Gasteiger partial charge in [-0.1, -0.05) is 0 Å². The van der Waals surface area contributed by atoms with E-state index in [2.05, 4.69) is 0 Å². The van der Waals surface area contributed by atoms with Gasteiger partial charge in [0.15, 0.2) is 0 Å². The van der Waals surface area contributed by atoms with Gasteiger partial charge in [0, 0.05) is 6.61 Å². The molecule has 0 radical (unpaired) electrons. The number of aliphatic hydroxyl groups is 1. The maximum atomic E-state index is 9.53. The fourth-order valence-electron chi connectivity index (χ4n) is 1.70. The summed E-state index contributed by atoms with van der Waals surface area (Å²) >= 11 is 0. The van der Waals surface area contributed by atoms with Gasteiger partial charge in [-0.3, -0.25) is 0 Å². The van der Waals surface area contributed by atoms with E-state index in [-0.39, 0.29) is 5.60 Å². The van der Waals surface area contributed by atoms with Gasteiger partial charge < -0.3 is 9.84 Å². The lowest BCUT2D eigenvalue weighted by atomic mass is 10.1. The summed E-state index contributed by atoms with van der Waals surface area (Å²) < 4.78 is 5.46. The first-order valence-corrected chi connectivity index (χ1v) is 4.63. The third-order valence-electron chi connectivity index (χ3n) is 2.78. The first kappa shape index (κ1) is 7.56. The smallest absolute Gasteiger partial charge is 0.0651 e. The van der Waals surface area contributed by atoms with Crippen molar-refractivity contribution in [2.24, 2.45) is 0 Å². The molecule has 0 aromatic rings. The van der Waals surface area contributed by atoms with Crippen LogP contribution in [0.15, 0.2) is 0 Å². The molecule has 2 aliphatic rings. The summed E-state index contributed by atoms with van der Waals surface area (Å²) in [5.74, 6) is 0. The third kappa shape index (κ3) is 1.94. The third-order valence-corrected chi connectivity index (χ3v) is 2.78. The minimum Gasteiger partial charge on any atom is -0.390 e. The van der Waals surface area contributed by atoms with E-state index in [1.54, 1.807) is 0 Å². The summed E-state index contributed by atoms with van der Waals surface area (Å²) in [6.07, 6.45) is 6.92. The number of hydrogen-bond donors (Lipinski definition) is 1.